The molecule has 0 bridgehead atoms. The minimum Gasteiger partial charge on any atom is -0.508 e. The van der Waals surface area contributed by atoms with Gasteiger partial charge < -0.3 is 20.3 Å². The molecule has 2 saturated carbocycles. The Morgan fingerprint density at radius 2 is 1.96 bits per heavy atom. The van der Waals surface area contributed by atoms with Crippen molar-refractivity contribution in [1.29, 1.82) is 0 Å². The van der Waals surface area contributed by atoms with Crippen LogP contribution in [0.3, 0.4) is 0 Å². The van der Waals surface area contributed by atoms with E-state index in [1.165, 1.54) is 0 Å². The molecule has 3 N–H and O–H groups in total. The highest BCUT2D eigenvalue weighted by atomic mass is 16.5. The number of phenols is 1. The monoisotopic (exact) mass is 385 g/mol. The van der Waals surface area contributed by atoms with Crippen LogP contribution in [0.25, 0.3) is 0 Å². The standard InChI is InChI=1S/C23H31NO4/c1-12-5-6-16-21(2,3)17(26)7-8-22(16,4)23(12)10-14-15(25)9-13-11-24-20(27)18(13)19(14)28-23/h9,12,16-17,25-26H,5-8,10-11H2,1-4H3,(H,24,27)/t12-,16-,17-,22+,23+/m1/s1. The number of carbonyl (C=O) groups is 1. The van der Waals surface area contributed by atoms with Crippen LogP contribution in [-0.4, -0.2) is 27.8 Å². The Hall–Kier alpha value is -1.75. The Kier molecular flexibility index (Phi) is 3.55. The maximum absolute atomic E-state index is 12.5. The summed E-state index contributed by atoms with van der Waals surface area (Å²) >= 11 is 0. The fourth-order valence-electron chi connectivity index (χ4n) is 7.19. The first-order chi connectivity index (χ1) is 13.1. The van der Waals surface area contributed by atoms with Crippen molar-refractivity contribution in [2.45, 2.75) is 78.0 Å². The van der Waals surface area contributed by atoms with Crippen molar-refractivity contribution in [3.05, 3.63) is 22.8 Å². The second-order valence-electron chi connectivity index (χ2n) is 10.4. The summed E-state index contributed by atoms with van der Waals surface area (Å²) in [6, 6.07) is 1.73. The van der Waals surface area contributed by atoms with Gasteiger partial charge in [0.05, 0.1) is 11.7 Å². The smallest absolute Gasteiger partial charge is 0.255 e. The lowest BCUT2D eigenvalue weighted by atomic mass is 9.43. The number of rotatable bonds is 0. The third-order valence-electron chi connectivity index (χ3n) is 8.95. The Morgan fingerprint density at radius 1 is 1.21 bits per heavy atom. The van der Waals surface area contributed by atoms with Crippen LogP contribution in [-0.2, 0) is 13.0 Å². The van der Waals surface area contributed by atoms with E-state index in [2.05, 4.69) is 33.0 Å². The van der Waals surface area contributed by atoms with Crippen LogP contribution >= 0.6 is 0 Å². The van der Waals surface area contributed by atoms with Crippen LogP contribution in [0.4, 0.5) is 0 Å². The van der Waals surface area contributed by atoms with Crippen LogP contribution in [0.2, 0.25) is 0 Å². The second kappa shape index (κ2) is 5.44. The third kappa shape index (κ3) is 1.99. The van der Waals surface area contributed by atoms with Crippen molar-refractivity contribution < 1.29 is 19.7 Å². The minimum atomic E-state index is -0.453. The molecule has 1 aromatic carbocycles. The fourth-order valence-corrected chi connectivity index (χ4v) is 7.19. The van der Waals surface area contributed by atoms with E-state index in [0.29, 0.717) is 36.1 Å². The Balaban J connectivity index is 1.66. The molecule has 0 saturated heterocycles. The SMILES string of the molecule is C[C@@H]1CC[C@@H]2C(C)(C)[C@H](O)CC[C@]2(C)[C@]12Cc1c(O)cc3c(c1O2)C(=O)NC3. The number of nitrogens with one attached hydrogen (secondary N) is 1. The largest absolute Gasteiger partial charge is 0.508 e. The van der Waals surface area contributed by atoms with E-state index in [4.69, 9.17) is 4.74 Å². The van der Waals surface area contributed by atoms with Crippen LogP contribution in [0.1, 0.15) is 74.9 Å². The summed E-state index contributed by atoms with van der Waals surface area (Å²) in [5.74, 6) is 1.38. The number of aromatic hydroxyl groups is 1. The molecule has 2 aliphatic heterocycles. The molecule has 2 aliphatic carbocycles. The second-order valence-corrected chi connectivity index (χ2v) is 10.4. The molecule has 1 spiro atoms. The van der Waals surface area contributed by atoms with Gasteiger partial charge in [-0.3, -0.25) is 4.79 Å². The number of carbonyl (C=O) groups excluding carboxylic acids is 1. The molecule has 5 heteroatoms. The van der Waals surface area contributed by atoms with Gasteiger partial charge in [0.1, 0.15) is 17.1 Å². The first kappa shape index (κ1) is 18.3. The van der Waals surface area contributed by atoms with E-state index in [-0.39, 0.29) is 28.6 Å². The van der Waals surface area contributed by atoms with Gasteiger partial charge in [-0.2, -0.15) is 0 Å². The quantitative estimate of drug-likeness (QED) is 0.638. The highest BCUT2D eigenvalue weighted by Crippen LogP contribution is 2.67. The summed E-state index contributed by atoms with van der Waals surface area (Å²) in [5.41, 5.74) is 1.46. The maximum atomic E-state index is 12.5. The number of ether oxygens (including phenoxy) is 1. The lowest BCUT2D eigenvalue weighted by molar-refractivity contribution is -0.210. The number of fused-ring (bicyclic) bond motifs is 5. The number of hydrogen-bond acceptors (Lipinski definition) is 4. The zero-order valence-corrected chi connectivity index (χ0v) is 17.3. The lowest BCUT2D eigenvalue weighted by Crippen LogP contribution is -2.66. The molecule has 0 radical (unpaired) electrons. The molecule has 5 atom stereocenters. The topological polar surface area (TPSA) is 78.8 Å². The van der Waals surface area contributed by atoms with Crippen molar-refractivity contribution in [3.8, 4) is 11.5 Å². The predicted octanol–water partition coefficient (Wildman–Crippen LogP) is 3.54. The molecule has 2 heterocycles. The van der Waals surface area contributed by atoms with Crippen molar-refractivity contribution >= 4 is 5.91 Å². The van der Waals surface area contributed by atoms with E-state index in [9.17, 15) is 15.0 Å². The molecule has 2 fully saturated rings. The van der Waals surface area contributed by atoms with Gasteiger partial charge >= 0.3 is 0 Å². The van der Waals surface area contributed by atoms with Gasteiger partial charge in [-0.25, -0.2) is 0 Å². The third-order valence-corrected chi connectivity index (χ3v) is 8.95. The molecule has 1 amide bonds. The average Bonchev–Trinajstić information content (AvgIpc) is 3.20. The van der Waals surface area contributed by atoms with E-state index in [0.717, 1.165) is 36.8 Å². The van der Waals surface area contributed by atoms with Gasteiger partial charge in [0.25, 0.3) is 5.91 Å². The van der Waals surface area contributed by atoms with Gasteiger partial charge in [0, 0.05) is 23.9 Å². The summed E-state index contributed by atoms with van der Waals surface area (Å²) in [4.78, 5) is 12.5. The molecule has 4 aliphatic rings. The van der Waals surface area contributed by atoms with Crippen molar-refractivity contribution in [2.24, 2.45) is 22.7 Å². The first-order valence-electron chi connectivity index (χ1n) is 10.6. The molecular weight excluding hydrogens is 354 g/mol. The van der Waals surface area contributed by atoms with Crippen molar-refractivity contribution in [3.63, 3.8) is 0 Å². The number of amides is 1. The van der Waals surface area contributed by atoms with Crippen molar-refractivity contribution in [1.82, 2.24) is 5.32 Å². The van der Waals surface area contributed by atoms with Gasteiger partial charge in [-0.1, -0.05) is 27.7 Å². The molecule has 0 unspecified atom stereocenters. The molecule has 28 heavy (non-hydrogen) atoms. The van der Waals surface area contributed by atoms with E-state index >= 15 is 0 Å². The van der Waals surface area contributed by atoms with E-state index in [1.54, 1.807) is 6.07 Å². The first-order valence-corrected chi connectivity index (χ1v) is 10.6. The summed E-state index contributed by atoms with van der Waals surface area (Å²) in [6.45, 7) is 9.40. The maximum Gasteiger partial charge on any atom is 0.255 e. The highest BCUT2D eigenvalue weighted by Gasteiger charge is 2.67. The highest BCUT2D eigenvalue weighted by molar-refractivity contribution is 6.02. The normalized spacial score (nSPS) is 40.5. The number of benzene rings is 1. The van der Waals surface area contributed by atoms with Crippen LogP contribution in [0.5, 0.6) is 11.5 Å². The Bertz CT molecular complexity index is 878. The number of aliphatic hydroxyl groups excluding tert-OH is 1. The lowest BCUT2D eigenvalue weighted by Gasteiger charge is -2.64. The Labute approximate surface area is 166 Å². The Morgan fingerprint density at radius 3 is 2.71 bits per heavy atom. The van der Waals surface area contributed by atoms with Gasteiger partial charge in [-0.05, 0) is 54.6 Å². The van der Waals surface area contributed by atoms with Gasteiger partial charge in [0.15, 0.2) is 0 Å². The molecular formula is C23H31NO4. The number of hydrogen-bond donors (Lipinski definition) is 3. The van der Waals surface area contributed by atoms with Gasteiger partial charge in [-0.15, -0.1) is 0 Å². The summed E-state index contributed by atoms with van der Waals surface area (Å²) in [6.07, 6.45) is 4.10. The zero-order chi connectivity index (χ0) is 20.1. The summed E-state index contributed by atoms with van der Waals surface area (Å²) in [5, 5.41) is 24.3. The molecule has 5 nitrogen and oxygen atoms in total. The minimum absolute atomic E-state index is 0.104. The number of aliphatic hydroxyl groups is 1. The van der Waals surface area contributed by atoms with E-state index in [1.807, 2.05) is 0 Å². The molecule has 0 aromatic heterocycles. The average molecular weight is 386 g/mol. The van der Waals surface area contributed by atoms with Gasteiger partial charge in [0.2, 0.25) is 0 Å². The molecule has 5 rings (SSSR count). The van der Waals surface area contributed by atoms with Crippen LogP contribution in [0.15, 0.2) is 6.07 Å². The summed E-state index contributed by atoms with van der Waals surface area (Å²) < 4.78 is 6.84. The molecule has 152 valence electrons. The fraction of sp³-hybridized carbons (Fsp3) is 0.696. The molecule has 1 aromatic rings. The zero-order valence-electron chi connectivity index (χ0n) is 17.3. The van der Waals surface area contributed by atoms with Crippen molar-refractivity contribution in [2.75, 3.05) is 0 Å². The predicted molar refractivity (Wildman–Crippen MR) is 105 cm³/mol. The summed E-state index contributed by atoms with van der Waals surface area (Å²) in [7, 11) is 0. The number of phenolic OH excluding ortho intramolecular Hbond substituents is 1. The van der Waals surface area contributed by atoms with Crippen LogP contribution < -0.4 is 10.1 Å². The van der Waals surface area contributed by atoms with E-state index < -0.39 is 5.60 Å². The van der Waals surface area contributed by atoms with Crippen LogP contribution in [0, 0.1) is 22.7 Å².